The van der Waals surface area contributed by atoms with Crippen LogP contribution in [-0.4, -0.2) is 20.8 Å². The van der Waals surface area contributed by atoms with Gasteiger partial charge in [0, 0.05) is 4.47 Å². The molecule has 1 aromatic rings. The zero-order valence-electron chi connectivity index (χ0n) is 9.67. The van der Waals surface area contributed by atoms with Gasteiger partial charge < -0.3 is 14.3 Å². The molecule has 0 spiro atoms. The molecule has 0 aliphatic rings. The Labute approximate surface area is 104 Å². The van der Waals surface area contributed by atoms with E-state index in [0.717, 1.165) is 27.8 Å². The van der Waals surface area contributed by atoms with Crippen molar-refractivity contribution in [2.75, 3.05) is 20.8 Å². The summed E-state index contributed by atoms with van der Waals surface area (Å²) in [5.74, 6) is 6.49. The number of hydrogen-bond acceptors (Lipinski definition) is 4. The zero-order valence-corrected chi connectivity index (χ0v) is 11.3. The number of halogens is 1. The van der Waals surface area contributed by atoms with Crippen LogP contribution in [0.4, 0.5) is 0 Å². The second kappa shape index (κ2) is 6.08. The molecular formula is C11H16BrNO3. The Kier molecular flexibility index (Phi) is 5.05. The van der Waals surface area contributed by atoms with Gasteiger partial charge in [0.15, 0.2) is 11.5 Å². The minimum Gasteiger partial charge on any atom is -0.493 e. The molecule has 1 aromatic carbocycles. The van der Waals surface area contributed by atoms with E-state index in [2.05, 4.69) is 20.8 Å². The predicted molar refractivity (Wildman–Crippen MR) is 65.8 cm³/mol. The highest BCUT2D eigenvalue weighted by Crippen LogP contribution is 2.37. The van der Waals surface area contributed by atoms with Crippen LogP contribution in [0, 0.1) is 6.92 Å². The molecule has 2 N–H and O–H groups in total. The van der Waals surface area contributed by atoms with Crippen LogP contribution < -0.4 is 15.4 Å². The molecule has 0 unspecified atom stereocenters. The van der Waals surface area contributed by atoms with E-state index in [0.29, 0.717) is 12.4 Å². The second-order valence-corrected chi connectivity index (χ2v) is 4.17. The molecule has 0 aliphatic carbocycles. The van der Waals surface area contributed by atoms with Crippen molar-refractivity contribution in [2.24, 2.45) is 5.90 Å². The lowest BCUT2D eigenvalue weighted by atomic mass is 10.0. The SMILES string of the molecule is COc1cc(Br)c(CCON)c(C)c1OC. The quantitative estimate of drug-likeness (QED) is 0.845. The first-order chi connectivity index (χ1) is 7.65. The van der Waals surface area contributed by atoms with Crippen LogP contribution in [-0.2, 0) is 11.3 Å². The molecule has 0 atom stereocenters. The second-order valence-electron chi connectivity index (χ2n) is 3.32. The Morgan fingerprint density at radius 1 is 1.31 bits per heavy atom. The van der Waals surface area contributed by atoms with Gasteiger partial charge in [0.2, 0.25) is 0 Å². The molecule has 0 radical (unpaired) electrons. The summed E-state index contributed by atoms with van der Waals surface area (Å²) < 4.78 is 11.5. The summed E-state index contributed by atoms with van der Waals surface area (Å²) in [5, 5.41) is 0. The van der Waals surface area contributed by atoms with E-state index >= 15 is 0 Å². The predicted octanol–water partition coefficient (Wildman–Crippen LogP) is 2.21. The van der Waals surface area contributed by atoms with Crippen molar-refractivity contribution < 1.29 is 14.3 Å². The minimum absolute atomic E-state index is 0.467. The van der Waals surface area contributed by atoms with Gasteiger partial charge in [0.25, 0.3) is 0 Å². The molecule has 90 valence electrons. The van der Waals surface area contributed by atoms with Gasteiger partial charge in [-0.25, -0.2) is 5.90 Å². The van der Waals surface area contributed by atoms with E-state index in [1.54, 1.807) is 14.2 Å². The number of benzene rings is 1. The van der Waals surface area contributed by atoms with E-state index < -0.39 is 0 Å². The van der Waals surface area contributed by atoms with Crippen molar-refractivity contribution in [3.63, 3.8) is 0 Å². The maximum absolute atomic E-state index is 5.32. The van der Waals surface area contributed by atoms with Crippen LogP contribution in [0.5, 0.6) is 11.5 Å². The highest BCUT2D eigenvalue weighted by Gasteiger charge is 2.14. The fourth-order valence-electron chi connectivity index (χ4n) is 1.64. The van der Waals surface area contributed by atoms with Crippen molar-refractivity contribution >= 4 is 15.9 Å². The zero-order chi connectivity index (χ0) is 12.1. The van der Waals surface area contributed by atoms with Crippen LogP contribution in [0.3, 0.4) is 0 Å². The summed E-state index contributed by atoms with van der Waals surface area (Å²) in [5.41, 5.74) is 2.15. The molecule has 0 aromatic heterocycles. The largest absolute Gasteiger partial charge is 0.493 e. The molecule has 16 heavy (non-hydrogen) atoms. The normalized spacial score (nSPS) is 10.3. The highest BCUT2D eigenvalue weighted by molar-refractivity contribution is 9.10. The van der Waals surface area contributed by atoms with Gasteiger partial charge in [0.05, 0.1) is 20.8 Å². The van der Waals surface area contributed by atoms with Gasteiger partial charge in [-0.15, -0.1) is 0 Å². The molecule has 0 fully saturated rings. The topological polar surface area (TPSA) is 53.7 Å². The summed E-state index contributed by atoms with van der Waals surface area (Å²) in [7, 11) is 3.24. The summed E-state index contributed by atoms with van der Waals surface area (Å²) in [4.78, 5) is 4.59. The average Bonchev–Trinajstić information content (AvgIpc) is 2.28. The molecule has 0 amide bonds. The van der Waals surface area contributed by atoms with Gasteiger partial charge >= 0.3 is 0 Å². The summed E-state index contributed by atoms with van der Waals surface area (Å²) in [6.45, 7) is 2.45. The van der Waals surface area contributed by atoms with E-state index in [4.69, 9.17) is 15.4 Å². The van der Waals surface area contributed by atoms with Crippen molar-refractivity contribution in [1.82, 2.24) is 0 Å². The van der Waals surface area contributed by atoms with Crippen LogP contribution in [0.1, 0.15) is 11.1 Å². The van der Waals surface area contributed by atoms with Gasteiger partial charge in [0.1, 0.15) is 0 Å². The molecule has 0 saturated carbocycles. The van der Waals surface area contributed by atoms with Crippen LogP contribution in [0.25, 0.3) is 0 Å². The number of rotatable bonds is 5. The lowest BCUT2D eigenvalue weighted by Crippen LogP contribution is -2.06. The van der Waals surface area contributed by atoms with Gasteiger partial charge in [-0.2, -0.15) is 0 Å². The fraction of sp³-hybridized carbons (Fsp3) is 0.455. The molecule has 0 bridgehead atoms. The maximum Gasteiger partial charge on any atom is 0.163 e. The molecule has 0 saturated heterocycles. The van der Waals surface area contributed by atoms with Crippen molar-refractivity contribution in [1.29, 1.82) is 0 Å². The lowest BCUT2D eigenvalue weighted by molar-refractivity contribution is 0.141. The minimum atomic E-state index is 0.467. The third kappa shape index (κ3) is 2.66. The Morgan fingerprint density at radius 2 is 2.00 bits per heavy atom. The Hall–Kier alpha value is -0.780. The Bertz CT molecular complexity index is 369. The highest BCUT2D eigenvalue weighted by atomic mass is 79.9. The smallest absolute Gasteiger partial charge is 0.163 e. The van der Waals surface area contributed by atoms with Crippen molar-refractivity contribution in [3.8, 4) is 11.5 Å². The summed E-state index contributed by atoms with van der Waals surface area (Å²) in [6, 6.07) is 1.89. The third-order valence-corrected chi connectivity index (χ3v) is 3.16. The fourth-order valence-corrected chi connectivity index (χ4v) is 2.35. The number of hydrogen-bond donors (Lipinski definition) is 1. The number of nitrogens with two attached hydrogens (primary N) is 1. The molecule has 4 nitrogen and oxygen atoms in total. The van der Waals surface area contributed by atoms with Crippen molar-refractivity contribution in [2.45, 2.75) is 13.3 Å². The van der Waals surface area contributed by atoms with E-state index in [-0.39, 0.29) is 0 Å². The van der Waals surface area contributed by atoms with Crippen LogP contribution in [0.2, 0.25) is 0 Å². The van der Waals surface area contributed by atoms with E-state index in [9.17, 15) is 0 Å². The van der Waals surface area contributed by atoms with Gasteiger partial charge in [-0.3, -0.25) is 0 Å². The molecule has 1 rings (SSSR count). The standard InChI is InChI=1S/C11H16BrNO3/c1-7-8(4-5-16-13)9(12)6-10(14-2)11(7)15-3/h6H,4-5,13H2,1-3H3. The lowest BCUT2D eigenvalue weighted by Gasteiger charge is -2.15. The Morgan fingerprint density at radius 3 is 2.50 bits per heavy atom. The molecular weight excluding hydrogens is 274 g/mol. The van der Waals surface area contributed by atoms with Gasteiger partial charge in [-0.1, -0.05) is 15.9 Å². The first kappa shape index (κ1) is 13.3. The number of ether oxygens (including phenoxy) is 2. The summed E-state index contributed by atoms with van der Waals surface area (Å²) >= 11 is 3.50. The van der Waals surface area contributed by atoms with E-state index in [1.165, 1.54) is 0 Å². The first-order valence-electron chi connectivity index (χ1n) is 4.87. The number of methoxy groups -OCH3 is 2. The monoisotopic (exact) mass is 289 g/mol. The molecule has 0 aliphatic heterocycles. The van der Waals surface area contributed by atoms with Gasteiger partial charge in [-0.05, 0) is 30.5 Å². The third-order valence-electron chi connectivity index (χ3n) is 2.46. The molecule has 0 heterocycles. The summed E-state index contributed by atoms with van der Waals surface area (Å²) in [6.07, 6.45) is 0.725. The first-order valence-corrected chi connectivity index (χ1v) is 5.66. The van der Waals surface area contributed by atoms with E-state index in [1.807, 2.05) is 13.0 Å². The average molecular weight is 290 g/mol. The van der Waals surface area contributed by atoms with Crippen molar-refractivity contribution in [3.05, 3.63) is 21.7 Å². The van der Waals surface area contributed by atoms with Crippen LogP contribution >= 0.6 is 15.9 Å². The van der Waals surface area contributed by atoms with Crippen LogP contribution in [0.15, 0.2) is 10.5 Å². The Balaban J connectivity index is 3.18. The molecule has 5 heteroatoms. The maximum atomic E-state index is 5.32.